The number of likely N-dealkylation sites (N-methyl/N-ethyl adjacent to an activating group) is 3. The van der Waals surface area contributed by atoms with E-state index >= 15 is 0 Å². The maximum Gasteiger partial charge on any atom is 0.326 e. The van der Waals surface area contributed by atoms with Crippen molar-refractivity contribution in [3.8, 4) is 0 Å². The SMILES string of the molecule is CCC(C)C(C(CC(=O)N1CCC[C@H]1C(OC)C(C)C(=O)NC(Cc1ccccc1)C(=O)O)OC)N(C)C(=O)C(NC(=O)C(C(C)C)N(C)C(=O)C(CC(C)C)NC)C(C)C. The number of carbonyl (C=O) groups excluding carboxylic acids is 5. The highest BCUT2D eigenvalue weighted by molar-refractivity contribution is 5.93. The summed E-state index contributed by atoms with van der Waals surface area (Å²) in [6.07, 6.45) is 1.17. The molecule has 2 rings (SSSR count). The van der Waals surface area contributed by atoms with E-state index in [0.717, 1.165) is 5.56 Å². The molecule has 0 saturated carbocycles. The summed E-state index contributed by atoms with van der Waals surface area (Å²) in [7, 11) is 8.05. The summed E-state index contributed by atoms with van der Waals surface area (Å²) in [4.78, 5) is 87.0. The molecule has 61 heavy (non-hydrogen) atoms. The standard InChI is InChI=1S/C46H78N6O9/c1-15-30(8)40(51(12)45(57)38(28(4)5)49-43(55)39(29(6)7)50(11)44(56)33(47-10)24-27(2)3)36(60-13)26-37(53)52-23-19-22-35(52)41(61-14)31(9)42(54)48-34(46(58)59)25-32-20-17-16-18-21-32/h16-18,20-21,27-31,33-36,38-41,47H,15,19,22-26H2,1-14H3,(H,48,54)(H,49,55)(H,58,59)/t30?,31?,33?,34?,35-,36?,38?,39?,40?,41?/m0/s1. The number of methoxy groups -OCH3 is 2. The number of nitrogens with one attached hydrogen (secondary N) is 3. The van der Waals surface area contributed by atoms with Crippen LogP contribution in [0.3, 0.4) is 0 Å². The van der Waals surface area contributed by atoms with E-state index in [9.17, 15) is 33.9 Å². The molecule has 0 aliphatic carbocycles. The van der Waals surface area contributed by atoms with Crippen molar-refractivity contribution in [2.45, 2.75) is 149 Å². The molecular weight excluding hydrogens is 781 g/mol. The molecule has 4 N–H and O–H groups in total. The third-order valence-electron chi connectivity index (χ3n) is 12.4. The van der Waals surface area contributed by atoms with Crippen molar-refractivity contribution in [2.24, 2.45) is 29.6 Å². The van der Waals surface area contributed by atoms with Crippen molar-refractivity contribution in [3.63, 3.8) is 0 Å². The Bertz CT molecular complexity index is 1580. The average molecular weight is 859 g/mol. The summed E-state index contributed by atoms with van der Waals surface area (Å²) in [6, 6.07) is 4.71. The number of amides is 5. The number of carboxylic acids is 1. The monoisotopic (exact) mass is 859 g/mol. The van der Waals surface area contributed by atoms with E-state index in [4.69, 9.17) is 9.47 Å². The Kier molecular flexibility index (Phi) is 21.9. The Labute approximate surface area is 365 Å². The van der Waals surface area contributed by atoms with Gasteiger partial charge in [-0.05, 0) is 55.5 Å². The quantitative estimate of drug-likeness (QED) is 0.112. The zero-order valence-corrected chi connectivity index (χ0v) is 39.4. The first-order valence-electron chi connectivity index (χ1n) is 22.1. The third-order valence-corrected chi connectivity index (χ3v) is 12.4. The molecule has 1 saturated heterocycles. The van der Waals surface area contributed by atoms with Gasteiger partial charge in [0.05, 0.1) is 42.7 Å². The molecule has 1 aromatic rings. The van der Waals surface area contributed by atoms with Crippen molar-refractivity contribution in [3.05, 3.63) is 35.9 Å². The number of hydrogen-bond acceptors (Lipinski definition) is 9. The summed E-state index contributed by atoms with van der Waals surface area (Å²) >= 11 is 0. The molecule has 0 radical (unpaired) electrons. The number of carbonyl (C=O) groups is 6. The van der Waals surface area contributed by atoms with Gasteiger partial charge < -0.3 is 45.2 Å². The van der Waals surface area contributed by atoms with Gasteiger partial charge in [0.15, 0.2) is 0 Å². The van der Waals surface area contributed by atoms with Gasteiger partial charge in [-0.2, -0.15) is 0 Å². The van der Waals surface area contributed by atoms with E-state index in [0.29, 0.717) is 32.2 Å². The first kappa shape index (κ1) is 53.1. The van der Waals surface area contributed by atoms with E-state index in [1.54, 1.807) is 50.0 Å². The Morgan fingerprint density at radius 2 is 1.46 bits per heavy atom. The second kappa shape index (κ2) is 25.1. The number of ether oxygens (including phenoxy) is 2. The van der Waals surface area contributed by atoms with E-state index in [1.165, 1.54) is 19.1 Å². The predicted octanol–water partition coefficient (Wildman–Crippen LogP) is 3.98. The van der Waals surface area contributed by atoms with Gasteiger partial charge in [0.25, 0.3) is 0 Å². The third kappa shape index (κ3) is 14.5. The first-order chi connectivity index (χ1) is 28.7. The van der Waals surface area contributed by atoms with Crippen LogP contribution < -0.4 is 16.0 Å². The van der Waals surface area contributed by atoms with Gasteiger partial charge in [0.2, 0.25) is 29.5 Å². The Balaban J connectivity index is 2.31. The van der Waals surface area contributed by atoms with Crippen molar-refractivity contribution >= 4 is 35.5 Å². The Hall–Kier alpha value is -4.08. The van der Waals surface area contributed by atoms with E-state index in [1.807, 2.05) is 73.6 Å². The van der Waals surface area contributed by atoms with E-state index in [-0.39, 0.29) is 54.2 Å². The van der Waals surface area contributed by atoms with Crippen LogP contribution >= 0.6 is 0 Å². The number of aliphatic carboxylic acids is 1. The van der Waals surface area contributed by atoms with Gasteiger partial charge in [0, 0.05) is 41.3 Å². The molecule has 9 unspecified atom stereocenters. The molecular formula is C46H78N6O9. The van der Waals surface area contributed by atoms with Crippen LogP contribution in [0.1, 0.15) is 100.0 Å². The molecule has 15 nitrogen and oxygen atoms in total. The van der Waals surface area contributed by atoms with Gasteiger partial charge in [-0.1, -0.05) is 99.1 Å². The largest absolute Gasteiger partial charge is 0.480 e. The average Bonchev–Trinajstić information content (AvgIpc) is 3.70. The zero-order chi connectivity index (χ0) is 46.3. The van der Waals surface area contributed by atoms with Crippen LogP contribution in [0.4, 0.5) is 0 Å². The fraction of sp³-hybridized carbons (Fsp3) is 0.739. The van der Waals surface area contributed by atoms with Gasteiger partial charge in [-0.25, -0.2) is 4.79 Å². The summed E-state index contributed by atoms with van der Waals surface area (Å²) in [5.74, 6) is -3.98. The number of rotatable bonds is 25. The van der Waals surface area contributed by atoms with Crippen LogP contribution in [0, 0.1) is 29.6 Å². The molecule has 1 aliphatic heterocycles. The molecule has 1 heterocycles. The number of likely N-dealkylation sites (tertiary alicyclic amines) is 1. The molecule has 1 aliphatic rings. The molecule has 346 valence electrons. The van der Waals surface area contributed by atoms with Crippen molar-refractivity contribution in [2.75, 3.05) is 41.9 Å². The topological polar surface area (TPSA) is 187 Å². The summed E-state index contributed by atoms with van der Waals surface area (Å²) in [5, 5.41) is 18.7. The van der Waals surface area contributed by atoms with Crippen LogP contribution in [0.5, 0.6) is 0 Å². The van der Waals surface area contributed by atoms with Crippen LogP contribution in [0.2, 0.25) is 0 Å². The molecule has 1 fully saturated rings. The molecule has 15 heteroatoms. The number of benzene rings is 1. The lowest BCUT2D eigenvalue weighted by molar-refractivity contribution is -0.149. The fourth-order valence-corrected chi connectivity index (χ4v) is 8.75. The maximum absolute atomic E-state index is 14.5. The molecule has 5 amide bonds. The maximum atomic E-state index is 14.5. The number of hydrogen-bond donors (Lipinski definition) is 4. The minimum Gasteiger partial charge on any atom is -0.480 e. The van der Waals surface area contributed by atoms with Crippen molar-refractivity contribution in [1.29, 1.82) is 0 Å². The Morgan fingerprint density at radius 1 is 0.836 bits per heavy atom. The lowest BCUT2D eigenvalue weighted by atomic mass is 9.89. The molecule has 0 bridgehead atoms. The smallest absolute Gasteiger partial charge is 0.326 e. The predicted molar refractivity (Wildman–Crippen MR) is 236 cm³/mol. The van der Waals surface area contributed by atoms with E-state index in [2.05, 4.69) is 16.0 Å². The van der Waals surface area contributed by atoms with Crippen molar-refractivity contribution in [1.82, 2.24) is 30.7 Å². The van der Waals surface area contributed by atoms with Gasteiger partial charge in [-0.3, -0.25) is 24.0 Å². The van der Waals surface area contributed by atoms with Gasteiger partial charge >= 0.3 is 5.97 Å². The second-order valence-corrected chi connectivity index (χ2v) is 18.0. The molecule has 1 aromatic carbocycles. The van der Waals surface area contributed by atoms with Crippen LogP contribution in [0.25, 0.3) is 0 Å². The minimum atomic E-state index is -1.15. The second-order valence-electron chi connectivity index (χ2n) is 18.0. The van der Waals surface area contributed by atoms with Gasteiger partial charge in [0.1, 0.15) is 18.1 Å². The Morgan fingerprint density at radius 3 is 1.95 bits per heavy atom. The number of nitrogens with zero attached hydrogens (tertiary/aromatic N) is 3. The lowest BCUT2D eigenvalue weighted by Crippen LogP contribution is -2.61. The van der Waals surface area contributed by atoms with Crippen LogP contribution in [-0.4, -0.2) is 146 Å². The minimum absolute atomic E-state index is 0.0567. The van der Waals surface area contributed by atoms with Crippen LogP contribution in [0.15, 0.2) is 30.3 Å². The normalized spacial score (nSPS) is 18.7. The summed E-state index contributed by atoms with van der Waals surface area (Å²) in [5.41, 5.74) is 0.773. The highest BCUT2D eigenvalue weighted by Gasteiger charge is 2.44. The molecule has 0 aromatic heterocycles. The van der Waals surface area contributed by atoms with Crippen LogP contribution in [-0.2, 0) is 44.7 Å². The first-order valence-corrected chi connectivity index (χ1v) is 22.1. The van der Waals surface area contributed by atoms with E-state index < -0.39 is 72.2 Å². The summed E-state index contributed by atoms with van der Waals surface area (Å²) in [6.45, 7) is 17.7. The molecule has 10 atom stereocenters. The van der Waals surface area contributed by atoms with Gasteiger partial charge in [-0.15, -0.1) is 0 Å². The molecule has 0 spiro atoms. The highest BCUT2D eigenvalue weighted by atomic mass is 16.5. The van der Waals surface area contributed by atoms with Crippen molar-refractivity contribution < 1.29 is 43.3 Å². The number of carboxylic acid groups (broad SMARTS) is 1. The fourth-order valence-electron chi connectivity index (χ4n) is 8.75. The highest BCUT2D eigenvalue weighted by Crippen LogP contribution is 2.30. The zero-order valence-electron chi connectivity index (χ0n) is 39.4. The summed E-state index contributed by atoms with van der Waals surface area (Å²) < 4.78 is 11.9. The lowest BCUT2D eigenvalue weighted by Gasteiger charge is -2.41.